The molecule has 0 saturated carbocycles. The van der Waals surface area contributed by atoms with Gasteiger partial charge in [-0.2, -0.15) is 5.26 Å². The molecule has 0 bridgehead atoms. The van der Waals surface area contributed by atoms with Gasteiger partial charge in [0.25, 0.3) is 0 Å². The van der Waals surface area contributed by atoms with Crippen molar-refractivity contribution in [1.82, 2.24) is 4.90 Å². The van der Waals surface area contributed by atoms with Crippen LogP contribution in [0.4, 0.5) is 5.69 Å². The first-order chi connectivity index (χ1) is 13.6. The summed E-state index contributed by atoms with van der Waals surface area (Å²) in [5.41, 5.74) is 2.74. The fraction of sp³-hybridized carbons (Fsp3) is 0.190. The first kappa shape index (κ1) is 17.6. The molecule has 7 heteroatoms. The van der Waals surface area contributed by atoms with E-state index in [1.807, 2.05) is 17.0 Å². The maximum Gasteiger partial charge on any atom is 0.189 e. The van der Waals surface area contributed by atoms with E-state index < -0.39 is 0 Å². The second-order valence-corrected chi connectivity index (χ2v) is 6.32. The summed E-state index contributed by atoms with van der Waals surface area (Å²) in [6.07, 6.45) is 1.56. The Balaban J connectivity index is 1.72. The Labute approximate surface area is 162 Å². The number of amidine groups is 1. The van der Waals surface area contributed by atoms with E-state index in [0.717, 1.165) is 17.1 Å². The highest BCUT2D eigenvalue weighted by atomic mass is 16.5. The second-order valence-electron chi connectivity index (χ2n) is 6.32. The summed E-state index contributed by atoms with van der Waals surface area (Å²) < 4.78 is 10.8. The number of fused-ring (bicyclic) bond motifs is 3. The molecule has 0 aromatic heterocycles. The lowest BCUT2D eigenvalue weighted by Crippen LogP contribution is -2.36. The van der Waals surface area contributed by atoms with Crippen LogP contribution in [0.3, 0.4) is 0 Å². The van der Waals surface area contributed by atoms with Crippen LogP contribution in [-0.2, 0) is 0 Å². The molecule has 0 atom stereocenters. The average molecular weight is 374 g/mol. The Bertz CT molecular complexity index is 1050. The Morgan fingerprint density at radius 2 is 1.93 bits per heavy atom. The van der Waals surface area contributed by atoms with Crippen molar-refractivity contribution in [3.63, 3.8) is 0 Å². The van der Waals surface area contributed by atoms with E-state index in [1.165, 1.54) is 0 Å². The molecule has 2 heterocycles. The number of methoxy groups -OCH3 is 2. The van der Waals surface area contributed by atoms with E-state index in [0.29, 0.717) is 41.5 Å². The quantitative estimate of drug-likeness (QED) is 0.654. The number of aliphatic imine (C=N–C) groups is 1. The molecule has 0 spiro atoms. The highest BCUT2D eigenvalue weighted by Crippen LogP contribution is 2.38. The molecule has 7 nitrogen and oxygen atoms in total. The van der Waals surface area contributed by atoms with Crippen molar-refractivity contribution >= 4 is 17.3 Å². The number of ether oxygens (including phenoxy) is 2. The van der Waals surface area contributed by atoms with Crippen molar-refractivity contribution in [2.24, 2.45) is 4.99 Å². The van der Waals surface area contributed by atoms with Gasteiger partial charge in [0.15, 0.2) is 17.3 Å². The maximum absolute atomic E-state index is 12.7. The van der Waals surface area contributed by atoms with Crippen LogP contribution in [0, 0.1) is 11.3 Å². The van der Waals surface area contributed by atoms with Crippen molar-refractivity contribution in [3.8, 4) is 17.6 Å². The molecule has 1 N–H and O–H groups in total. The van der Waals surface area contributed by atoms with E-state index in [-0.39, 0.29) is 5.78 Å². The van der Waals surface area contributed by atoms with Gasteiger partial charge in [0, 0.05) is 29.8 Å². The lowest BCUT2D eigenvalue weighted by Gasteiger charge is -2.31. The summed E-state index contributed by atoms with van der Waals surface area (Å²) in [5.74, 6) is 2.53. The van der Waals surface area contributed by atoms with Crippen molar-refractivity contribution in [2.45, 2.75) is 0 Å². The monoisotopic (exact) mass is 374 g/mol. The van der Waals surface area contributed by atoms with Gasteiger partial charge in [0.1, 0.15) is 11.7 Å². The molecule has 0 fully saturated rings. The normalized spacial score (nSPS) is 15.8. The zero-order chi connectivity index (χ0) is 19.7. The van der Waals surface area contributed by atoms with Gasteiger partial charge in [-0.05, 0) is 30.3 Å². The molecule has 28 heavy (non-hydrogen) atoms. The highest BCUT2D eigenvalue weighted by Gasteiger charge is 2.31. The summed E-state index contributed by atoms with van der Waals surface area (Å²) in [6.45, 7) is 1.33. The molecule has 0 saturated heterocycles. The van der Waals surface area contributed by atoms with Crippen molar-refractivity contribution in [2.75, 3.05) is 32.6 Å². The lowest BCUT2D eigenvalue weighted by molar-refractivity contribution is 0.104. The molecule has 0 unspecified atom stereocenters. The number of anilines is 1. The van der Waals surface area contributed by atoms with E-state index in [9.17, 15) is 4.79 Å². The van der Waals surface area contributed by atoms with Crippen molar-refractivity contribution < 1.29 is 14.3 Å². The third-order valence-corrected chi connectivity index (χ3v) is 4.73. The number of benzene rings is 2. The molecule has 2 aromatic carbocycles. The fourth-order valence-corrected chi connectivity index (χ4v) is 3.32. The van der Waals surface area contributed by atoms with E-state index in [2.05, 4.69) is 16.4 Å². The molecule has 0 aliphatic carbocycles. The SMILES string of the molecule is COc1cc2c(cc1OC)C1=NCCN1/C(=C/C(=O)c1ccc(C#N)cc1)N2. The molecule has 0 radical (unpaired) electrons. The van der Waals surface area contributed by atoms with E-state index in [4.69, 9.17) is 14.7 Å². The number of carbonyl (C=O) groups is 1. The third kappa shape index (κ3) is 2.95. The Kier molecular flexibility index (Phi) is 4.45. The minimum Gasteiger partial charge on any atom is -0.493 e. The van der Waals surface area contributed by atoms with Gasteiger partial charge < -0.3 is 19.7 Å². The highest BCUT2D eigenvalue weighted by molar-refractivity contribution is 6.10. The van der Waals surface area contributed by atoms with Gasteiger partial charge in [-0.3, -0.25) is 9.79 Å². The number of rotatable bonds is 4. The average Bonchev–Trinajstić information content (AvgIpc) is 3.23. The molecule has 4 rings (SSSR count). The molecule has 0 amide bonds. The largest absolute Gasteiger partial charge is 0.493 e. The Morgan fingerprint density at radius 3 is 2.61 bits per heavy atom. The van der Waals surface area contributed by atoms with Crippen LogP contribution in [0.5, 0.6) is 11.5 Å². The first-order valence-corrected chi connectivity index (χ1v) is 8.76. The topological polar surface area (TPSA) is 87.0 Å². The van der Waals surface area contributed by atoms with Gasteiger partial charge in [-0.1, -0.05) is 0 Å². The van der Waals surface area contributed by atoms with Crippen molar-refractivity contribution in [1.29, 1.82) is 5.26 Å². The van der Waals surface area contributed by atoms with Gasteiger partial charge in [0.2, 0.25) is 0 Å². The number of nitrogens with zero attached hydrogens (tertiary/aromatic N) is 3. The van der Waals surface area contributed by atoms with Gasteiger partial charge >= 0.3 is 0 Å². The fourth-order valence-electron chi connectivity index (χ4n) is 3.32. The molecular weight excluding hydrogens is 356 g/mol. The lowest BCUT2D eigenvalue weighted by atomic mass is 10.1. The number of allylic oxidation sites excluding steroid dienone is 1. The molecule has 2 aliphatic rings. The molecule has 2 aliphatic heterocycles. The minimum atomic E-state index is -0.151. The van der Waals surface area contributed by atoms with Crippen molar-refractivity contribution in [3.05, 3.63) is 65.0 Å². The van der Waals surface area contributed by atoms with E-state index >= 15 is 0 Å². The number of carbonyl (C=O) groups excluding carboxylic acids is 1. The van der Waals surface area contributed by atoms with Crippen LogP contribution < -0.4 is 14.8 Å². The Morgan fingerprint density at radius 1 is 1.21 bits per heavy atom. The van der Waals surface area contributed by atoms with Crippen LogP contribution >= 0.6 is 0 Å². The maximum atomic E-state index is 12.7. The summed E-state index contributed by atoms with van der Waals surface area (Å²) in [7, 11) is 3.17. The van der Waals surface area contributed by atoms with Crippen LogP contribution in [0.2, 0.25) is 0 Å². The van der Waals surface area contributed by atoms with Gasteiger partial charge in [-0.25, -0.2) is 0 Å². The summed E-state index contributed by atoms with van der Waals surface area (Å²) in [6, 6.07) is 12.4. The molecule has 140 valence electrons. The minimum absolute atomic E-state index is 0.151. The smallest absolute Gasteiger partial charge is 0.189 e. The summed E-state index contributed by atoms with van der Waals surface area (Å²) in [5, 5.41) is 12.2. The van der Waals surface area contributed by atoms with Gasteiger partial charge in [0.05, 0.1) is 38.1 Å². The van der Waals surface area contributed by atoms with Gasteiger partial charge in [-0.15, -0.1) is 0 Å². The number of hydrogen-bond donors (Lipinski definition) is 1. The second kappa shape index (κ2) is 7.08. The van der Waals surface area contributed by atoms with Crippen LogP contribution in [0.15, 0.2) is 53.3 Å². The predicted octanol–water partition coefficient (Wildman–Crippen LogP) is 2.79. The van der Waals surface area contributed by atoms with Crippen LogP contribution in [0.1, 0.15) is 21.5 Å². The molecular formula is C21H18N4O3. The van der Waals surface area contributed by atoms with E-state index in [1.54, 1.807) is 44.6 Å². The van der Waals surface area contributed by atoms with Crippen LogP contribution in [-0.4, -0.2) is 43.8 Å². The Hall–Kier alpha value is -3.79. The zero-order valence-corrected chi connectivity index (χ0v) is 15.5. The van der Waals surface area contributed by atoms with Crippen LogP contribution in [0.25, 0.3) is 0 Å². The zero-order valence-electron chi connectivity index (χ0n) is 15.5. The summed E-state index contributed by atoms with van der Waals surface area (Å²) in [4.78, 5) is 19.3. The number of nitrogens with one attached hydrogen (secondary N) is 1. The predicted molar refractivity (Wildman–Crippen MR) is 105 cm³/mol. The third-order valence-electron chi connectivity index (χ3n) is 4.73. The number of hydrogen-bond acceptors (Lipinski definition) is 7. The molecule has 2 aromatic rings. The number of nitriles is 1. The summed E-state index contributed by atoms with van der Waals surface area (Å²) >= 11 is 0. The number of ketones is 1. The standard InChI is InChI=1S/C21H18N4O3/c1-27-18-9-15-16(10-19(18)28-2)24-20(25-8-7-23-21(15)25)11-17(26)14-5-3-13(12-22)4-6-14/h3-6,9-11,24H,7-8H2,1-2H3/b20-11+. The first-order valence-electron chi connectivity index (χ1n) is 8.76.